The van der Waals surface area contributed by atoms with Crippen LogP contribution in [0.4, 0.5) is 5.69 Å². The summed E-state index contributed by atoms with van der Waals surface area (Å²) in [7, 11) is -4.31. The summed E-state index contributed by atoms with van der Waals surface area (Å²) in [4.78, 5) is 35.4. The van der Waals surface area contributed by atoms with Crippen molar-refractivity contribution in [3.63, 3.8) is 0 Å². The van der Waals surface area contributed by atoms with Crippen molar-refractivity contribution < 1.29 is 28.0 Å². The van der Waals surface area contributed by atoms with Crippen molar-refractivity contribution in [2.75, 3.05) is 0 Å². The SMILES string of the molecule is O=C(O)C12CC3CC(C1)C(NC(=O)C1(NS(=O)(=O)c4ccccc4[N+](=O)[O-])CCC1)C(C3)C2. The second-order valence-electron chi connectivity index (χ2n) is 10.3. The zero-order valence-electron chi connectivity index (χ0n) is 18.0. The highest BCUT2D eigenvalue weighted by Crippen LogP contribution is 2.60. The number of aliphatic carboxylic acids is 1. The topological polar surface area (TPSA) is 156 Å². The fourth-order valence-electron chi connectivity index (χ4n) is 6.86. The first-order valence-electron chi connectivity index (χ1n) is 11.4. The summed E-state index contributed by atoms with van der Waals surface area (Å²) in [5.74, 6) is -0.667. The first-order valence-corrected chi connectivity index (χ1v) is 12.9. The molecule has 5 fully saturated rings. The van der Waals surface area contributed by atoms with Crippen LogP contribution in [0.3, 0.4) is 0 Å². The Hall–Kier alpha value is -2.53. The minimum atomic E-state index is -4.31. The normalized spacial score (nSPS) is 33.8. The van der Waals surface area contributed by atoms with Crippen LogP contribution in [-0.4, -0.2) is 41.9 Å². The van der Waals surface area contributed by atoms with Gasteiger partial charge in [-0.25, -0.2) is 8.42 Å². The Labute approximate surface area is 191 Å². The molecule has 0 saturated heterocycles. The van der Waals surface area contributed by atoms with Gasteiger partial charge in [-0.3, -0.25) is 19.7 Å². The van der Waals surface area contributed by atoms with Crippen molar-refractivity contribution in [3.8, 4) is 0 Å². The van der Waals surface area contributed by atoms with E-state index in [1.54, 1.807) is 0 Å². The maximum atomic E-state index is 13.4. The van der Waals surface area contributed by atoms with Crippen molar-refractivity contribution in [2.24, 2.45) is 23.2 Å². The van der Waals surface area contributed by atoms with Crippen molar-refractivity contribution in [1.82, 2.24) is 10.0 Å². The lowest BCUT2D eigenvalue weighted by atomic mass is 9.48. The third-order valence-corrected chi connectivity index (χ3v) is 9.93. The molecule has 0 radical (unpaired) electrons. The highest BCUT2D eigenvalue weighted by atomic mass is 32.2. The van der Waals surface area contributed by atoms with E-state index in [4.69, 9.17) is 0 Å². The molecule has 0 heterocycles. The summed E-state index contributed by atoms with van der Waals surface area (Å²) >= 11 is 0. The molecule has 3 N–H and O–H groups in total. The molecule has 2 atom stereocenters. The highest BCUT2D eigenvalue weighted by Gasteiger charge is 2.60. The predicted molar refractivity (Wildman–Crippen MR) is 116 cm³/mol. The number of nitrogens with zero attached hydrogens (tertiary/aromatic N) is 1. The number of benzene rings is 1. The van der Waals surface area contributed by atoms with Gasteiger partial charge in [-0.15, -0.1) is 0 Å². The van der Waals surface area contributed by atoms with Gasteiger partial charge < -0.3 is 10.4 Å². The number of nitrogens with one attached hydrogen (secondary N) is 2. The van der Waals surface area contributed by atoms with E-state index in [1.807, 2.05) is 0 Å². The van der Waals surface area contributed by atoms with E-state index in [0.29, 0.717) is 44.4 Å². The van der Waals surface area contributed by atoms with Crippen LogP contribution in [0.25, 0.3) is 0 Å². The molecule has 11 heteroatoms. The van der Waals surface area contributed by atoms with Crippen molar-refractivity contribution >= 4 is 27.6 Å². The second kappa shape index (κ2) is 7.49. The Morgan fingerprint density at radius 3 is 2.27 bits per heavy atom. The Bertz CT molecular complexity index is 1110. The van der Waals surface area contributed by atoms with Gasteiger partial charge in [0, 0.05) is 12.1 Å². The van der Waals surface area contributed by atoms with Crippen molar-refractivity contribution in [2.45, 2.75) is 67.8 Å². The van der Waals surface area contributed by atoms with E-state index < -0.39 is 48.4 Å². The first-order chi connectivity index (χ1) is 15.6. The molecule has 0 aliphatic heterocycles. The summed E-state index contributed by atoms with van der Waals surface area (Å²) in [5, 5.41) is 24.2. The molecule has 5 aliphatic carbocycles. The Morgan fingerprint density at radius 1 is 1.09 bits per heavy atom. The number of hydrogen-bond donors (Lipinski definition) is 3. The standard InChI is InChI=1S/C22H27N3O7S/c26-19(23-18-14-8-13-9-15(18)12-21(10-13,11-14)20(27)28)22(6-3-7-22)24-33(31,32)17-5-2-1-4-16(17)25(29)30/h1-2,4-5,13-15,18,24H,3,6-12H2,(H,23,26)(H,27,28). The van der Waals surface area contributed by atoms with Crippen LogP contribution >= 0.6 is 0 Å². The molecule has 4 bridgehead atoms. The van der Waals surface area contributed by atoms with Gasteiger partial charge in [0.15, 0.2) is 4.90 Å². The number of carboxylic acids is 1. The third kappa shape index (κ3) is 3.52. The third-order valence-electron chi connectivity index (χ3n) is 8.35. The quantitative estimate of drug-likeness (QED) is 0.401. The summed E-state index contributed by atoms with van der Waals surface area (Å²) in [6, 6.07) is 4.90. The molecule has 6 rings (SSSR count). The van der Waals surface area contributed by atoms with Crippen LogP contribution in [0.15, 0.2) is 29.2 Å². The number of hydrogen-bond acceptors (Lipinski definition) is 6. The van der Waals surface area contributed by atoms with Gasteiger partial charge in [0.2, 0.25) is 15.9 Å². The number of carbonyl (C=O) groups excluding carboxylic acids is 1. The number of amides is 1. The largest absolute Gasteiger partial charge is 0.481 e. The number of carboxylic acid groups (broad SMARTS) is 1. The first kappa shape index (κ1) is 22.3. The van der Waals surface area contributed by atoms with Crippen LogP contribution in [-0.2, 0) is 19.6 Å². The monoisotopic (exact) mass is 477 g/mol. The molecule has 1 aromatic carbocycles. The number of nitro groups is 1. The maximum Gasteiger partial charge on any atom is 0.309 e. The summed E-state index contributed by atoms with van der Waals surface area (Å²) in [6.07, 6.45) is 4.82. The van der Waals surface area contributed by atoms with E-state index in [2.05, 4.69) is 10.0 Å². The average molecular weight is 478 g/mol. The number of rotatable bonds is 7. The summed E-state index contributed by atoms with van der Waals surface area (Å²) in [6.45, 7) is 0. The minimum absolute atomic E-state index is 0.0697. The lowest BCUT2D eigenvalue weighted by Gasteiger charge is -2.58. The molecule has 10 nitrogen and oxygen atoms in total. The molecule has 1 aromatic rings. The van der Waals surface area contributed by atoms with E-state index >= 15 is 0 Å². The maximum absolute atomic E-state index is 13.4. The zero-order valence-corrected chi connectivity index (χ0v) is 18.8. The van der Waals surface area contributed by atoms with Gasteiger partial charge in [0.1, 0.15) is 5.54 Å². The van der Waals surface area contributed by atoms with E-state index in [9.17, 15) is 33.2 Å². The van der Waals surface area contributed by atoms with Crippen molar-refractivity contribution in [3.05, 3.63) is 34.4 Å². The molecule has 0 aromatic heterocycles. The number of carbonyl (C=O) groups is 2. The molecule has 178 valence electrons. The van der Waals surface area contributed by atoms with Crippen LogP contribution in [0.1, 0.15) is 51.4 Å². The van der Waals surface area contributed by atoms with Crippen LogP contribution in [0.5, 0.6) is 0 Å². The predicted octanol–water partition coefficient (Wildman–Crippen LogP) is 2.19. The molecular formula is C22H27N3O7S. The van der Waals surface area contributed by atoms with E-state index in [1.165, 1.54) is 12.1 Å². The smallest absolute Gasteiger partial charge is 0.309 e. The molecule has 5 aliphatic rings. The molecular weight excluding hydrogens is 450 g/mol. The Balaban J connectivity index is 1.36. The number of para-hydroxylation sites is 1. The van der Waals surface area contributed by atoms with Crippen LogP contribution < -0.4 is 10.0 Å². The van der Waals surface area contributed by atoms with Gasteiger partial charge in [-0.1, -0.05) is 12.1 Å². The summed E-state index contributed by atoms with van der Waals surface area (Å²) in [5.41, 5.74) is -2.58. The molecule has 2 unspecified atom stereocenters. The lowest BCUT2D eigenvalue weighted by molar-refractivity contribution is -0.387. The van der Waals surface area contributed by atoms with E-state index in [-0.39, 0.29) is 17.9 Å². The van der Waals surface area contributed by atoms with Crippen LogP contribution in [0, 0.1) is 33.3 Å². The van der Waals surface area contributed by atoms with E-state index in [0.717, 1.165) is 25.0 Å². The minimum Gasteiger partial charge on any atom is -0.481 e. The molecule has 5 saturated carbocycles. The Kier molecular flexibility index (Phi) is 5.06. The van der Waals surface area contributed by atoms with Gasteiger partial charge in [0.25, 0.3) is 5.69 Å². The van der Waals surface area contributed by atoms with Gasteiger partial charge >= 0.3 is 5.97 Å². The Morgan fingerprint density at radius 2 is 1.73 bits per heavy atom. The highest BCUT2D eigenvalue weighted by molar-refractivity contribution is 7.89. The van der Waals surface area contributed by atoms with Crippen molar-refractivity contribution in [1.29, 1.82) is 0 Å². The number of nitro benzene ring substituents is 1. The fourth-order valence-corrected chi connectivity index (χ4v) is 8.46. The summed E-state index contributed by atoms with van der Waals surface area (Å²) < 4.78 is 28.6. The van der Waals surface area contributed by atoms with Gasteiger partial charge in [0.05, 0.1) is 10.3 Å². The average Bonchev–Trinajstić information content (AvgIpc) is 2.72. The fraction of sp³-hybridized carbons (Fsp3) is 0.636. The second-order valence-corrected chi connectivity index (χ2v) is 12.0. The molecule has 33 heavy (non-hydrogen) atoms. The lowest BCUT2D eigenvalue weighted by Crippen LogP contribution is -2.67. The van der Waals surface area contributed by atoms with Gasteiger partial charge in [-0.05, 0) is 75.2 Å². The molecule has 0 spiro atoms. The van der Waals surface area contributed by atoms with Crippen LogP contribution in [0.2, 0.25) is 0 Å². The molecule has 1 amide bonds. The number of sulfonamides is 1. The zero-order chi connectivity index (χ0) is 23.6. The van der Waals surface area contributed by atoms with Gasteiger partial charge in [-0.2, -0.15) is 4.72 Å².